The number of aromatic nitrogens is 2. The first-order valence-corrected chi connectivity index (χ1v) is 8.75. The van der Waals surface area contributed by atoms with Gasteiger partial charge in [0.15, 0.2) is 0 Å². The summed E-state index contributed by atoms with van der Waals surface area (Å²) in [6.07, 6.45) is 2.38. The van der Waals surface area contributed by atoms with Crippen molar-refractivity contribution in [3.8, 4) is 0 Å². The van der Waals surface area contributed by atoms with Gasteiger partial charge in [-0.3, -0.25) is 0 Å². The summed E-state index contributed by atoms with van der Waals surface area (Å²) in [6.45, 7) is 4.86. The van der Waals surface area contributed by atoms with E-state index in [1.807, 2.05) is 13.0 Å². The lowest BCUT2D eigenvalue weighted by Crippen LogP contribution is -2.33. The van der Waals surface area contributed by atoms with Crippen LogP contribution in [0.2, 0.25) is 0 Å². The molecule has 1 aromatic carbocycles. The Balaban J connectivity index is 1.45. The summed E-state index contributed by atoms with van der Waals surface area (Å²) in [6, 6.07) is 7.35. The minimum absolute atomic E-state index is 0.386. The molecule has 8 heteroatoms. The lowest BCUT2D eigenvalue weighted by atomic mass is 10.3. The van der Waals surface area contributed by atoms with Crippen LogP contribution in [0.4, 0.5) is 26.6 Å². The first-order valence-electron chi connectivity index (χ1n) is 8.75. The van der Waals surface area contributed by atoms with Crippen LogP contribution in [0.5, 0.6) is 0 Å². The number of halogens is 1. The summed E-state index contributed by atoms with van der Waals surface area (Å²) in [5.74, 6) is 1.10. The molecule has 1 fully saturated rings. The molecule has 26 heavy (non-hydrogen) atoms. The van der Waals surface area contributed by atoms with Gasteiger partial charge in [-0.15, -0.1) is 0 Å². The van der Waals surface area contributed by atoms with Gasteiger partial charge in [0.05, 0.1) is 0 Å². The lowest BCUT2D eigenvalue weighted by molar-refractivity contribution is 0.252. The van der Waals surface area contributed by atoms with Crippen LogP contribution in [0.15, 0.2) is 30.3 Å². The van der Waals surface area contributed by atoms with E-state index in [1.54, 1.807) is 12.1 Å². The van der Waals surface area contributed by atoms with E-state index in [1.165, 1.54) is 25.0 Å². The first kappa shape index (κ1) is 17.9. The zero-order valence-corrected chi connectivity index (χ0v) is 14.8. The second-order valence-corrected chi connectivity index (χ2v) is 6.20. The Morgan fingerprint density at radius 2 is 2.00 bits per heavy atom. The Labute approximate surface area is 152 Å². The lowest BCUT2D eigenvalue weighted by Gasteiger charge is -2.17. The van der Waals surface area contributed by atoms with Crippen LogP contribution in [0.3, 0.4) is 0 Å². The first-order chi connectivity index (χ1) is 12.6. The monoisotopic (exact) mass is 358 g/mol. The highest BCUT2D eigenvalue weighted by Crippen LogP contribution is 2.19. The number of anilines is 3. The molecule has 2 aromatic rings. The van der Waals surface area contributed by atoms with E-state index in [4.69, 9.17) is 0 Å². The van der Waals surface area contributed by atoms with Crippen LogP contribution in [0.1, 0.15) is 18.5 Å². The van der Waals surface area contributed by atoms with Crippen molar-refractivity contribution in [2.24, 2.45) is 0 Å². The highest BCUT2D eigenvalue weighted by molar-refractivity contribution is 5.89. The van der Waals surface area contributed by atoms with Gasteiger partial charge in [0.25, 0.3) is 0 Å². The molecule has 0 atom stereocenters. The predicted octanol–water partition coefficient (Wildman–Crippen LogP) is 2.76. The highest BCUT2D eigenvalue weighted by atomic mass is 19.1. The number of hydrogen-bond donors (Lipinski definition) is 3. The Morgan fingerprint density at radius 1 is 1.19 bits per heavy atom. The van der Waals surface area contributed by atoms with Gasteiger partial charge in [-0.2, -0.15) is 4.98 Å². The molecule has 2 heterocycles. The van der Waals surface area contributed by atoms with E-state index in [0.717, 1.165) is 24.6 Å². The van der Waals surface area contributed by atoms with Gasteiger partial charge in [-0.05, 0) is 38.0 Å². The molecule has 1 aliphatic heterocycles. The maximum absolute atomic E-state index is 13.1. The third-order valence-electron chi connectivity index (χ3n) is 4.05. The number of amides is 2. The molecule has 0 unspecified atom stereocenters. The molecule has 2 amide bonds. The van der Waals surface area contributed by atoms with Gasteiger partial charge < -0.3 is 20.9 Å². The Hall–Kier alpha value is -2.90. The maximum Gasteiger partial charge on any atom is 0.319 e. The van der Waals surface area contributed by atoms with Crippen molar-refractivity contribution in [3.05, 3.63) is 41.8 Å². The van der Waals surface area contributed by atoms with E-state index < -0.39 is 5.82 Å². The number of carbonyl (C=O) groups excluding carboxylic acids is 1. The normalized spacial score (nSPS) is 13.5. The van der Waals surface area contributed by atoms with Crippen molar-refractivity contribution in [3.63, 3.8) is 0 Å². The Kier molecular flexibility index (Phi) is 5.83. The fourth-order valence-corrected chi connectivity index (χ4v) is 2.83. The van der Waals surface area contributed by atoms with Crippen LogP contribution >= 0.6 is 0 Å². The molecule has 0 radical (unpaired) electrons. The van der Waals surface area contributed by atoms with Crippen molar-refractivity contribution in [2.45, 2.75) is 19.8 Å². The van der Waals surface area contributed by atoms with E-state index in [2.05, 4.69) is 30.8 Å². The van der Waals surface area contributed by atoms with E-state index >= 15 is 0 Å². The summed E-state index contributed by atoms with van der Waals surface area (Å²) in [4.78, 5) is 23.0. The molecule has 7 nitrogen and oxygen atoms in total. The Bertz CT molecular complexity index is 763. The minimum Gasteiger partial charge on any atom is -0.356 e. The molecule has 0 bridgehead atoms. The number of benzene rings is 1. The van der Waals surface area contributed by atoms with Gasteiger partial charge in [-0.25, -0.2) is 14.2 Å². The topological polar surface area (TPSA) is 82.2 Å². The molecule has 1 aromatic heterocycles. The molecular weight excluding hydrogens is 335 g/mol. The smallest absolute Gasteiger partial charge is 0.319 e. The SMILES string of the molecule is Cc1cc(N2CCCC2)nc(NCCNC(=O)Nc2cccc(F)c2)n1. The molecule has 1 aliphatic rings. The molecule has 138 valence electrons. The summed E-state index contributed by atoms with van der Waals surface area (Å²) < 4.78 is 13.1. The fraction of sp³-hybridized carbons (Fsp3) is 0.389. The maximum atomic E-state index is 13.1. The molecule has 0 spiro atoms. The summed E-state index contributed by atoms with van der Waals surface area (Å²) >= 11 is 0. The molecular formula is C18H23FN6O. The molecule has 1 saturated heterocycles. The second kappa shape index (κ2) is 8.46. The van der Waals surface area contributed by atoms with Crippen LogP contribution in [0.25, 0.3) is 0 Å². The Morgan fingerprint density at radius 3 is 2.77 bits per heavy atom. The van der Waals surface area contributed by atoms with Gasteiger partial charge in [0.2, 0.25) is 5.95 Å². The van der Waals surface area contributed by atoms with Gasteiger partial charge in [-0.1, -0.05) is 6.07 Å². The summed E-state index contributed by atoms with van der Waals surface area (Å²) in [5, 5.41) is 8.41. The summed E-state index contributed by atoms with van der Waals surface area (Å²) in [5.41, 5.74) is 1.31. The number of nitrogens with one attached hydrogen (secondary N) is 3. The van der Waals surface area contributed by atoms with Crippen LogP contribution in [0, 0.1) is 12.7 Å². The van der Waals surface area contributed by atoms with Gasteiger partial charge in [0.1, 0.15) is 11.6 Å². The number of rotatable bonds is 6. The number of aryl methyl sites for hydroxylation is 1. The van der Waals surface area contributed by atoms with Crippen LogP contribution in [-0.2, 0) is 0 Å². The largest absolute Gasteiger partial charge is 0.356 e. The third-order valence-corrected chi connectivity index (χ3v) is 4.05. The predicted molar refractivity (Wildman–Crippen MR) is 100 cm³/mol. The van der Waals surface area contributed by atoms with E-state index in [-0.39, 0.29) is 6.03 Å². The second-order valence-electron chi connectivity index (χ2n) is 6.20. The van der Waals surface area contributed by atoms with Crippen molar-refractivity contribution in [1.29, 1.82) is 0 Å². The van der Waals surface area contributed by atoms with Crippen molar-refractivity contribution in [2.75, 3.05) is 41.7 Å². The standard InChI is InChI=1S/C18H23FN6O/c1-13-11-16(25-9-2-3-10-25)24-17(22-13)20-7-8-21-18(26)23-15-6-4-5-14(19)12-15/h4-6,11-12H,2-3,7-10H2,1H3,(H,20,22,24)(H2,21,23,26). The van der Waals surface area contributed by atoms with E-state index in [9.17, 15) is 9.18 Å². The number of carbonyl (C=O) groups is 1. The van der Waals surface area contributed by atoms with Gasteiger partial charge >= 0.3 is 6.03 Å². The fourth-order valence-electron chi connectivity index (χ4n) is 2.83. The van der Waals surface area contributed by atoms with Crippen LogP contribution in [-0.4, -0.2) is 42.2 Å². The molecule has 0 aliphatic carbocycles. The molecule has 3 rings (SSSR count). The summed E-state index contributed by atoms with van der Waals surface area (Å²) in [7, 11) is 0. The van der Waals surface area contributed by atoms with Crippen molar-refractivity contribution >= 4 is 23.5 Å². The average molecular weight is 358 g/mol. The number of nitrogens with zero attached hydrogens (tertiary/aromatic N) is 3. The number of hydrogen-bond acceptors (Lipinski definition) is 5. The van der Waals surface area contributed by atoms with Crippen LogP contribution < -0.4 is 20.9 Å². The van der Waals surface area contributed by atoms with Crippen molar-refractivity contribution < 1.29 is 9.18 Å². The highest BCUT2D eigenvalue weighted by Gasteiger charge is 2.15. The zero-order valence-electron chi connectivity index (χ0n) is 14.8. The van der Waals surface area contributed by atoms with Crippen molar-refractivity contribution in [1.82, 2.24) is 15.3 Å². The minimum atomic E-state index is -0.394. The number of urea groups is 1. The zero-order chi connectivity index (χ0) is 18.4. The van der Waals surface area contributed by atoms with E-state index in [0.29, 0.717) is 24.7 Å². The quantitative estimate of drug-likeness (QED) is 0.692. The van der Waals surface area contributed by atoms with Gasteiger partial charge in [0, 0.05) is 43.6 Å². The average Bonchev–Trinajstić information content (AvgIpc) is 3.13. The molecule has 3 N–H and O–H groups in total. The molecule has 0 saturated carbocycles. The third kappa shape index (κ3) is 5.05.